The second-order valence-corrected chi connectivity index (χ2v) is 5.47. The molecule has 2 nitrogen and oxygen atoms in total. The number of rotatable bonds is 0. The summed E-state index contributed by atoms with van der Waals surface area (Å²) in [5.74, 6) is -0.162. The molecule has 4 heteroatoms. The lowest BCUT2D eigenvalue weighted by Gasteiger charge is -2.42. The van der Waals surface area contributed by atoms with Crippen molar-refractivity contribution in [3.63, 3.8) is 0 Å². The van der Waals surface area contributed by atoms with Crippen molar-refractivity contribution in [2.24, 2.45) is 0 Å². The standard InChI is InChI=1S/C11H10FNOS/c12-7-2-3-8-9(6-7)15-11(4-1-5-11)10(14)13-8/h2-3,6H,1,4-5H2,(H,13,14). The van der Waals surface area contributed by atoms with Gasteiger partial charge in [0.1, 0.15) is 5.82 Å². The van der Waals surface area contributed by atoms with Gasteiger partial charge in [-0.2, -0.15) is 0 Å². The average Bonchev–Trinajstić information content (AvgIpc) is 2.15. The number of anilines is 1. The average molecular weight is 223 g/mol. The van der Waals surface area contributed by atoms with Crippen LogP contribution in [0.3, 0.4) is 0 Å². The fourth-order valence-corrected chi connectivity index (χ4v) is 3.46. The minimum absolute atomic E-state index is 0.0814. The van der Waals surface area contributed by atoms with E-state index < -0.39 is 0 Å². The molecule has 1 saturated carbocycles. The quantitative estimate of drug-likeness (QED) is 0.732. The second kappa shape index (κ2) is 2.98. The van der Waals surface area contributed by atoms with E-state index in [9.17, 15) is 9.18 Å². The first-order chi connectivity index (χ1) is 7.20. The Morgan fingerprint density at radius 2 is 2.20 bits per heavy atom. The first kappa shape index (κ1) is 9.21. The van der Waals surface area contributed by atoms with Crippen LogP contribution in [0, 0.1) is 5.82 Å². The summed E-state index contributed by atoms with van der Waals surface area (Å²) in [5.41, 5.74) is 0.740. The highest BCUT2D eigenvalue weighted by atomic mass is 32.2. The number of fused-ring (bicyclic) bond motifs is 1. The number of carbonyl (C=O) groups is 1. The van der Waals surface area contributed by atoms with Crippen molar-refractivity contribution in [3.8, 4) is 0 Å². The Balaban J connectivity index is 2.03. The number of amides is 1. The third kappa shape index (κ3) is 1.28. The molecule has 0 saturated heterocycles. The lowest BCUT2D eigenvalue weighted by Crippen LogP contribution is -2.47. The minimum atomic E-state index is -0.305. The number of carbonyl (C=O) groups excluding carboxylic acids is 1. The molecule has 1 N–H and O–H groups in total. The highest BCUT2D eigenvalue weighted by Gasteiger charge is 2.47. The Morgan fingerprint density at radius 3 is 2.87 bits per heavy atom. The molecule has 1 aromatic carbocycles. The van der Waals surface area contributed by atoms with E-state index in [2.05, 4.69) is 5.32 Å². The summed E-state index contributed by atoms with van der Waals surface area (Å²) in [6.45, 7) is 0. The van der Waals surface area contributed by atoms with Crippen molar-refractivity contribution in [1.29, 1.82) is 0 Å². The number of thioether (sulfide) groups is 1. The van der Waals surface area contributed by atoms with Crippen molar-refractivity contribution >= 4 is 23.4 Å². The monoisotopic (exact) mass is 223 g/mol. The van der Waals surface area contributed by atoms with E-state index in [1.54, 1.807) is 6.07 Å². The number of benzene rings is 1. The third-order valence-corrected chi connectivity index (χ3v) is 4.61. The predicted molar refractivity (Wildman–Crippen MR) is 57.5 cm³/mol. The maximum absolute atomic E-state index is 13.0. The Hall–Kier alpha value is -1.03. The van der Waals surface area contributed by atoms with Gasteiger partial charge in [0.05, 0.1) is 10.4 Å². The first-order valence-electron chi connectivity index (χ1n) is 5.00. The molecule has 0 aromatic heterocycles. The van der Waals surface area contributed by atoms with Gasteiger partial charge in [0, 0.05) is 4.90 Å². The molecule has 1 fully saturated rings. The van der Waals surface area contributed by atoms with Crippen LogP contribution in [-0.2, 0) is 4.79 Å². The summed E-state index contributed by atoms with van der Waals surface area (Å²) in [6, 6.07) is 4.50. The van der Waals surface area contributed by atoms with Crippen LogP contribution in [0.1, 0.15) is 19.3 Å². The van der Waals surface area contributed by atoms with Gasteiger partial charge in [-0.15, -0.1) is 11.8 Å². The van der Waals surface area contributed by atoms with E-state index in [0.717, 1.165) is 29.8 Å². The van der Waals surface area contributed by atoms with Crippen LogP contribution < -0.4 is 5.32 Å². The van der Waals surface area contributed by atoms with Gasteiger partial charge in [0.25, 0.3) is 0 Å². The molecule has 15 heavy (non-hydrogen) atoms. The van der Waals surface area contributed by atoms with E-state index in [0.29, 0.717) is 0 Å². The van der Waals surface area contributed by atoms with Crippen molar-refractivity contribution in [1.82, 2.24) is 0 Å². The van der Waals surface area contributed by atoms with Crippen molar-refractivity contribution in [2.75, 3.05) is 5.32 Å². The molecule has 2 aliphatic rings. The molecule has 1 aliphatic heterocycles. The van der Waals surface area contributed by atoms with Crippen LogP contribution in [-0.4, -0.2) is 10.7 Å². The van der Waals surface area contributed by atoms with Gasteiger partial charge in [0.15, 0.2) is 0 Å². The van der Waals surface area contributed by atoms with E-state index in [4.69, 9.17) is 0 Å². The molecule has 1 aliphatic carbocycles. The lowest BCUT2D eigenvalue weighted by molar-refractivity contribution is -0.120. The largest absolute Gasteiger partial charge is 0.324 e. The number of hydrogen-bond acceptors (Lipinski definition) is 2. The number of hydrogen-bond donors (Lipinski definition) is 1. The van der Waals surface area contributed by atoms with Crippen LogP contribution in [0.2, 0.25) is 0 Å². The summed E-state index contributed by atoms with van der Waals surface area (Å²) < 4.78 is 12.7. The normalized spacial score (nSPS) is 21.8. The molecule has 1 spiro atoms. The molecule has 0 unspecified atom stereocenters. The summed E-state index contributed by atoms with van der Waals surface area (Å²) >= 11 is 1.52. The Morgan fingerprint density at radius 1 is 1.40 bits per heavy atom. The van der Waals surface area contributed by atoms with Gasteiger partial charge in [-0.05, 0) is 37.5 Å². The lowest BCUT2D eigenvalue weighted by atomic mass is 9.83. The summed E-state index contributed by atoms with van der Waals surface area (Å²) in [7, 11) is 0. The van der Waals surface area contributed by atoms with Crippen LogP contribution in [0.5, 0.6) is 0 Å². The summed E-state index contributed by atoms with van der Waals surface area (Å²) in [6.07, 6.45) is 2.89. The van der Waals surface area contributed by atoms with Crippen LogP contribution >= 0.6 is 11.8 Å². The molecule has 0 atom stereocenters. The summed E-state index contributed by atoms with van der Waals surface area (Å²) in [4.78, 5) is 12.7. The molecule has 0 bridgehead atoms. The van der Waals surface area contributed by atoms with Gasteiger partial charge < -0.3 is 5.32 Å². The highest BCUT2D eigenvalue weighted by Crippen LogP contribution is 2.52. The molecule has 78 valence electrons. The molecular weight excluding hydrogens is 213 g/mol. The maximum Gasteiger partial charge on any atom is 0.241 e. The van der Waals surface area contributed by atoms with Crippen molar-refractivity contribution < 1.29 is 9.18 Å². The highest BCUT2D eigenvalue weighted by molar-refractivity contribution is 8.01. The zero-order valence-electron chi connectivity index (χ0n) is 8.05. The van der Waals surface area contributed by atoms with E-state index in [-0.39, 0.29) is 16.5 Å². The zero-order valence-corrected chi connectivity index (χ0v) is 8.86. The number of halogens is 1. The molecule has 3 rings (SSSR count). The van der Waals surface area contributed by atoms with Gasteiger partial charge >= 0.3 is 0 Å². The zero-order chi connectivity index (χ0) is 10.5. The predicted octanol–water partition coefficient (Wildman–Crippen LogP) is 2.79. The van der Waals surface area contributed by atoms with E-state index >= 15 is 0 Å². The van der Waals surface area contributed by atoms with Crippen molar-refractivity contribution in [3.05, 3.63) is 24.0 Å². The summed E-state index contributed by atoms with van der Waals surface area (Å²) in [5, 5.41) is 2.85. The molecule has 1 amide bonds. The van der Waals surface area contributed by atoms with E-state index in [1.165, 1.54) is 23.9 Å². The van der Waals surface area contributed by atoms with Gasteiger partial charge in [0.2, 0.25) is 5.91 Å². The first-order valence-corrected chi connectivity index (χ1v) is 5.81. The van der Waals surface area contributed by atoms with Gasteiger partial charge in [-0.25, -0.2) is 4.39 Å². The SMILES string of the molecule is O=C1Nc2ccc(F)cc2SC12CCC2. The van der Waals surface area contributed by atoms with Crippen LogP contribution in [0.25, 0.3) is 0 Å². The molecule has 0 radical (unpaired) electrons. The maximum atomic E-state index is 13.0. The second-order valence-electron chi connectivity index (χ2n) is 4.04. The smallest absolute Gasteiger partial charge is 0.241 e. The van der Waals surface area contributed by atoms with Gasteiger partial charge in [-0.1, -0.05) is 0 Å². The van der Waals surface area contributed by atoms with Crippen LogP contribution in [0.15, 0.2) is 23.1 Å². The van der Waals surface area contributed by atoms with Gasteiger partial charge in [-0.3, -0.25) is 4.79 Å². The van der Waals surface area contributed by atoms with Crippen molar-refractivity contribution in [2.45, 2.75) is 28.9 Å². The third-order valence-electron chi connectivity index (χ3n) is 3.07. The molecular formula is C11H10FNOS. The topological polar surface area (TPSA) is 29.1 Å². The Labute approximate surface area is 91.2 Å². The fraction of sp³-hybridized carbons (Fsp3) is 0.364. The molecule has 1 heterocycles. The van der Waals surface area contributed by atoms with Crippen LogP contribution in [0.4, 0.5) is 10.1 Å². The Kier molecular flexibility index (Phi) is 1.83. The minimum Gasteiger partial charge on any atom is -0.324 e. The van der Waals surface area contributed by atoms with E-state index in [1.807, 2.05) is 0 Å². The molecule has 1 aromatic rings. The fourth-order valence-electron chi connectivity index (χ4n) is 2.00. The number of nitrogens with one attached hydrogen (secondary N) is 1. The Bertz CT molecular complexity index is 442.